The van der Waals surface area contributed by atoms with Crippen LogP contribution in [-0.2, 0) is 16.6 Å². The quantitative estimate of drug-likeness (QED) is 0.617. The topological polar surface area (TPSA) is 73.8 Å². The van der Waals surface area contributed by atoms with Crippen molar-refractivity contribution in [3.63, 3.8) is 0 Å². The molecule has 0 aliphatic carbocycles. The van der Waals surface area contributed by atoms with E-state index in [-0.39, 0.29) is 32.0 Å². The summed E-state index contributed by atoms with van der Waals surface area (Å²) in [6.07, 6.45) is 0.558. The van der Waals surface area contributed by atoms with E-state index in [1.54, 1.807) is 7.05 Å². The Balaban J connectivity index is 1.84. The van der Waals surface area contributed by atoms with Gasteiger partial charge in [0.2, 0.25) is 0 Å². The third-order valence-electron chi connectivity index (χ3n) is 3.95. The number of nitrogens with zero attached hydrogens (tertiary/aromatic N) is 2. The molecule has 0 aromatic heterocycles. The lowest BCUT2D eigenvalue weighted by Crippen LogP contribution is -2.51. The monoisotopic (exact) mass is 378 g/mol. The van der Waals surface area contributed by atoms with Crippen LogP contribution in [0.4, 0.5) is 13.2 Å². The molecule has 1 aliphatic heterocycles. The summed E-state index contributed by atoms with van der Waals surface area (Å²) in [5.74, 6) is 0.529. The van der Waals surface area contributed by atoms with Gasteiger partial charge in [-0.3, -0.25) is 4.99 Å². The van der Waals surface area contributed by atoms with Gasteiger partial charge < -0.3 is 10.6 Å². The Bertz CT molecular complexity index is 684. The largest absolute Gasteiger partial charge is 0.511 e. The van der Waals surface area contributed by atoms with Crippen LogP contribution in [0.3, 0.4) is 0 Å². The summed E-state index contributed by atoms with van der Waals surface area (Å²) >= 11 is 0. The maximum atomic E-state index is 12.6. The lowest BCUT2D eigenvalue weighted by molar-refractivity contribution is -0.0494. The molecule has 0 amide bonds. The summed E-state index contributed by atoms with van der Waals surface area (Å²) in [7, 11) is -3.64. The van der Waals surface area contributed by atoms with E-state index in [0.29, 0.717) is 16.8 Å². The van der Waals surface area contributed by atoms with Crippen LogP contribution < -0.4 is 10.6 Å². The number of hydrogen-bond donors (Lipinski definition) is 2. The van der Waals surface area contributed by atoms with Crippen molar-refractivity contribution in [1.29, 1.82) is 0 Å². The highest BCUT2D eigenvalue weighted by molar-refractivity contribution is 7.90. The molecule has 0 bridgehead atoms. The van der Waals surface area contributed by atoms with Crippen LogP contribution >= 0.6 is 0 Å². The number of rotatable bonds is 4. The molecule has 0 spiro atoms. The van der Waals surface area contributed by atoms with E-state index >= 15 is 0 Å². The minimum absolute atomic E-state index is 0.137. The minimum atomic E-state index is -5.25. The number of hydrogen-bond acceptors (Lipinski definition) is 3. The van der Waals surface area contributed by atoms with Gasteiger partial charge in [0.05, 0.1) is 0 Å². The zero-order valence-corrected chi connectivity index (χ0v) is 14.6. The summed E-state index contributed by atoms with van der Waals surface area (Å²) in [6.45, 7) is 0.214. The summed E-state index contributed by atoms with van der Waals surface area (Å²) < 4.78 is 61.0. The molecule has 1 saturated heterocycles. The Morgan fingerprint density at radius 3 is 2.36 bits per heavy atom. The van der Waals surface area contributed by atoms with Gasteiger partial charge in [-0.25, -0.2) is 8.42 Å². The number of nitrogens with one attached hydrogen (secondary N) is 2. The fraction of sp³-hybridized carbons (Fsp3) is 0.533. The molecule has 1 aromatic carbocycles. The smallest absolute Gasteiger partial charge is 0.354 e. The summed E-state index contributed by atoms with van der Waals surface area (Å²) in [5, 5.41) is 6.25. The number of aliphatic imine (C=N–C) groups is 1. The Morgan fingerprint density at radius 1 is 1.24 bits per heavy atom. The fourth-order valence-corrected chi connectivity index (χ4v) is 3.54. The number of guanidine groups is 1. The molecule has 10 heteroatoms. The molecule has 0 radical (unpaired) electrons. The van der Waals surface area contributed by atoms with Crippen molar-refractivity contribution in [2.75, 3.05) is 20.1 Å². The van der Waals surface area contributed by atoms with Gasteiger partial charge in [0.1, 0.15) is 0 Å². The van der Waals surface area contributed by atoms with E-state index in [0.717, 1.165) is 5.56 Å². The lowest BCUT2D eigenvalue weighted by Gasteiger charge is -2.32. The van der Waals surface area contributed by atoms with E-state index in [2.05, 4.69) is 15.6 Å². The summed E-state index contributed by atoms with van der Waals surface area (Å²) in [6, 6.07) is 9.54. The number of halogens is 3. The molecule has 2 N–H and O–H groups in total. The highest BCUT2D eigenvalue weighted by atomic mass is 32.2. The van der Waals surface area contributed by atoms with E-state index in [9.17, 15) is 21.6 Å². The van der Waals surface area contributed by atoms with Gasteiger partial charge in [0.15, 0.2) is 5.96 Å². The first-order valence-corrected chi connectivity index (χ1v) is 9.25. The third kappa shape index (κ3) is 5.08. The maximum Gasteiger partial charge on any atom is 0.511 e. The summed E-state index contributed by atoms with van der Waals surface area (Å²) in [5.41, 5.74) is -4.18. The normalized spacial score (nSPS) is 18.2. The lowest BCUT2D eigenvalue weighted by atomic mass is 10.1. The molecular formula is C15H21F3N4O2S. The first-order valence-electron chi connectivity index (χ1n) is 7.81. The van der Waals surface area contributed by atoms with E-state index < -0.39 is 15.5 Å². The molecule has 1 aliphatic rings. The van der Waals surface area contributed by atoms with Crippen molar-refractivity contribution in [2.24, 2.45) is 4.99 Å². The molecule has 1 heterocycles. The van der Waals surface area contributed by atoms with Gasteiger partial charge in [-0.1, -0.05) is 30.3 Å². The van der Waals surface area contributed by atoms with Gasteiger partial charge in [-0.15, -0.1) is 0 Å². The molecule has 0 unspecified atom stereocenters. The Kier molecular flexibility index (Phi) is 6.28. The highest BCUT2D eigenvalue weighted by Gasteiger charge is 2.50. The predicted molar refractivity (Wildman–Crippen MR) is 89.3 cm³/mol. The number of sulfonamides is 1. The highest BCUT2D eigenvalue weighted by Crippen LogP contribution is 2.28. The Labute approximate surface area is 145 Å². The third-order valence-corrected chi connectivity index (χ3v) is 5.58. The van der Waals surface area contributed by atoms with Crippen LogP contribution in [0, 0.1) is 0 Å². The van der Waals surface area contributed by atoms with Crippen LogP contribution in [0.25, 0.3) is 0 Å². The Morgan fingerprint density at radius 2 is 1.84 bits per heavy atom. The molecule has 6 nitrogen and oxygen atoms in total. The summed E-state index contributed by atoms with van der Waals surface area (Å²) in [4.78, 5) is 4.09. The Hall–Kier alpha value is -1.81. The van der Waals surface area contributed by atoms with Crippen molar-refractivity contribution in [3.05, 3.63) is 35.9 Å². The van der Waals surface area contributed by atoms with E-state index in [4.69, 9.17) is 0 Å². The van der Waals surface area contributed by atoms with Crippen molar-refractivity contribution in [2.45, 2.75) is 30.9 Å². The molecule has 140 valence electrons. The van der Waals surface area contributed by atoms with Crippen molar-refractivity contribution in [3.8, 4) is 0 Å². The second-order valence-electron chi connectivity index (χ2n) is 5.68. The van der Waals surface area contributed by atoms with E-state index in [1.807, 2.05) is 30.3 Å². The number of benzene rings is 1. The second-order valence-corrected chi connectivity index (χ2v) is 7.61. The fourth-order valence-electron chi connectivity index (χ4n) is 2.56. The predicted octanol–water partition coefficient (Wildman–Crippen LogP) is 1.67. The van der Waals surface area contributed by atoms with E-state index in [1.165, 1.54) is 0 Å². The van der Waals surface area contributed by atoms with Gasteiger partial charge in [-0.05, 0) is 18.4 Å². The van der Waals surface area contributed by atoms with Gasteiger partial charge in [0, 0.05) is 32.7 Å². The van der Waals surface area contributed by atoms with Crippen LogP contribution in [0.15, 0.2) is 35.3 Å². The van der Waals surface area contributed by atoms with Crippen LogP contribution in [0.5, 0.6) is 0 Å². The SMILES string of the molecule is CN=C(NCc1ccccc1)NC1CCN(S(=O)(=O)C(F)(F)F)CC1. The van der Waals surface area contributed by atoms with Crippen LogP contribution in [0.2, 0.25) is 0 Å². The standard InChI is InChI=1S/C15H21F3N4O2S/c1-19-14(20-11-12-5-3-2-4-6-12)21-13-7-9-22(10-8-13)25(23,24)15(16,17)18/h2-6,13H,7-11H2,1H3,(H2,19,20,21). The molecule has 2 rings (SSSR count). The average Bonchev–Trinajstić information content (AvgIpc) is 2.59. The molecule has 0 atom stereocenters. The molecule has 25 heavy (non-hydrogen) atoms. The van der Waals surface area contributed by atoms with Crippen molar-refractivity contribution in [1.82, 2.24) is 14.9 Å². The maximum absolute atomic E-state index is 12.6. The average molecular weight is 378 g/mol. The minimum Gasteiger partial charge on any atom is -0.354 e. The zero-order chi connectivity index (χ0) is 18.5. The van der Waals surface area contributed by atoms with Crippen LogP contribution in [-0.4, -0.2) is 50.4 Å². The second kappa shape index (κ2) is 8.05. The van der Waals surface area contributed by atoms with Crippen molar-refractivity contribution < 1.29 is 21.6 Å². The number of alkyl halides is 3. The number of piperidine rings is 1. The van der Waals surface area contributed by atoms with Crippen molar-refractivity contribution >= 4 is 16.0 Å². The molecule has 1 aromatic rings. The molecule has 1 fully saturated rings. The zero-order valence-electron chi connectivity index (χ0n) is 13.8. The van der Waals surface area contributed by atoms with Crippen LogP contribution in [0.1, 0.15) is 18.4 Å². The van der Waals surface area contributed by atoms with Gasteiger partial charge >= 0.3 is 15.5 Å². The molecular weight excluding hydrogens is 357 g/mol. The van der Waals surface area contributed by atoms with Gasteiger partial charge in [-0.2, -0.15) is 17.5 Å². The van der Waals surface area contributed by atoms with Gasteiger partial charge in [0.25, 0.3) is 0 Å². The first-order chi connectivity index (χ1) is 11.7. The first kappa shape index (κ1) is 19.5. The molecule has 0 saturated carbocycles.